The summed E-state index contributed by atoms with van der Waals surface area (Å²) in [5.41, 5.74) is 5.44. The summed E-state index contributed by atoms with van der Waals surface area (Å²) < 4.78 is 0. The van der Waals surface area contributed by atoms with E-state index in [1.54, 1.807) is 0 Å². The maximum absolute atomic E-state index is 5.90. The van der Waals surface area contributed by atoms with Crippen molar-refractivity contribution >= 4 is 23.4 Å². The van der Waals surface area contributed by atoms with Crippen LogP contribution in [-0.2, 0) is 11.6 Å². The van der Waals surface area contributed by atoms with E-state index >= 15 is 0 Å². The molecule has 0 fully saturated rings. The van der Waals surface area contributed by atoms with Crippen LogP contribution >= 0.6 is 23.4 Å². The Labute approximate surface area is 109 Å². The summed E-state index contributed by atoms with van der Waals surface area (Å²) in [6.07, 6.45) is 2.61. The lowest BCUT2D eigenvalue weighted by atomic mass is 10.0. The summed E-state index contributed by atoms with van der Waals surface area (Å²) in [6, 6.07) is 4.53. The predicted molar refractivity (Wildman–Crippen MR) is 76.5 cm³/mol. The van der Waals surface area contributed by atoms with Gasteiger partial charge in [-0.3, -0.25) is 0 Å². The largest absolute Gasteiger partial charge is 0.157 e. The highest BCUT2D eigenvalue weighted by molar-refractivity contribution is 7.98. The highest BCUT2D eigenvalue weighted by Crippen LogP contribution is 2.22. The minimum absolute atomic E-state index is 0.621. The van der Waals surface area contributed by atoms with E-state index in [1.807, 2.05) is 11.8 Å². The molecule has 0 unspecified atom stereocenters. The van der Waals surface area contributed by atoms with E-state index in [0.29, 0.717) is 5.88 Å². The van der Waals surface area contributed by atoms with E-state index in [1.165, 1.54) is 40.8 Å². The third kappa shape index (κ3) is 4.03. The van der Waals surface area contributed by atoms with Crippen molar-refractivity contribution in [3.8, 4) is 0 Å². The summed E-state index contributed by atoms with van der Waals surface area (Å²) in [6.45, 7) is 6.58. The number of rotatable bonds is 6. The molecule has 1 aromatic carbocycles. The number of hydrogen-bond donors (Lipinski definition) is 0. The second kappa shape index (κ2) is 7.24. The second-order valence-electron chi connectivity index (χ2n) is 4.24. The monoisotopic (exact) mass is 256 g/mol. The molecule has 0 aliphatic rings. The molecule has 90 valence electrons. The summed E-state index contributed by atoms with van der Waals surface area (Å²) >= 11 is 7.93. The molecule has 0 saturated carbocycles. The Morgan fingerprint density at radius 2 is 1.75 bits per heavy atom. The van der Waals surface area contributed by atoms with Gasteiger partial charge >= 0.3 is 0 Å². The molecule has 1 rings (SSSR count). The first-order valence-corrected chi connectivity index (χ1v) is 7.60. The molecule has 16 heavy (non-hydrogen) atoms. The molecular formula is C14H21ClS. The first-order valence-electron chi connectivity index (χ1n) is 5.91. The molecule has 0 aliphatic carbocycles. The average Bonchev–Trinajstić information content (AvgIpc) is 2.28. The highest BCUT2D eigenvalue weighted by Gasteiger charge is 2.03. The summed E-state index contributed by atoms with van der Waals surface area (Å²) in [4.78, 5) is 0. The van der Waals surface area contributed by atoms with Crippen LogP contribution < -0.4 is 0 Å². The molecule has 0 atom stereocenters. The molecule has 0 spiro atoms. The smallest absolute Gasteiger partial charge is 0.0476 e. The van der Waals surface area contributed by atoms with Gasteiger partial charge in [-0.2, -0.15) is 11.8 Å². The van der Waals surface area contributed by atoms with Crippen LogP contribution in [0.15, 0.2) is 12.1 Å². The lowest BCUT2D eigenvalue weighted by molar-refractivity contribution is 0.896. The van der Waals surface area contributed by atoms with Gasteiger partial charge in [0.15, 0.2) is 0 Å². The number of unbranched alkanes of at least 4 members (excludes halogenated alkanes) is 1. The van der Waals surface area contributed by atoms with E-state index in [2.05, 4.69) is 32.9 Å². The van der Waals surface area contributed by atoms with Gasteiger partial charge in [0.25, 0.3) is 0 Å². The second-order valence-corrected chi connectivity index (χ2v) is 5.62. The van der Waals surface area contributed by atoms with Gasteiger partial charge in [0.1, 0.15) is 0 Å². The van der Waals surface area contributed by atoms with Gasteiger partial charge in [-0.15, -0.1) is 11.6 Å². The van der Waals surface area contributed by atoms with Crippen molar-refractivity contribution in [3.63, 3.8) is 0 Å². The van der Waals surface area contributed by atoms with Gasteiger partial charge in [0.2, 0.25) is 0 Å². The number of hydrogen-bond acceptors (Lipinski definition) is 1. The fraction of sp³-hybridized carbons (Fsp3) is 0.571. The average molecular weight is 257 g/mol. The normalized spacial score (nSPS) is 10.8. The van der Waals surface area contributed by atoms with E-state index in [9.17, 15) is 0 Å². The molecule has 0 amide bonds. The lowest BCUT2D eigenvalue weighted by Gasteiger charge is -2.10. The number of thioether (sulfide) groups is 1. The van der Waals surface area contributed by atoms with E-state index in [4.69, 9.17) is 11.6 Å². The number of aryl methyl sites for hydroxylation is 2. The molecule has 0 bridgehead atoms. The molecule has 0 nitrogen and oxygen atoms in total. The molecule has 0 radical (unpaired) electrons. The molecule has 0 N–H and O–H groups in total. The van der Waals surface area contributed by atoms with Gasteiger partial charge in [-0.05, 0) is 48.3 Å². The van der Waals surface area contributed by atoms with Crippen molar-refractivity contribution in [1.82, 2.24) is 0 Å². The number of benzene rings is 1. The van der Waals surface area contributed by atoms with Gasteiger partial charge in [-0.25, -0.2) is 0 Å². The zero-order valence-electron chi connectivity index (χ0n) is 10.5. The Morgan fingerprint density at radius 3 is 2.38 bits per heavy atom. The van der Waals surface area contributed by atoms with Crippen molar-refractivity contribution < 1.29 is 0 Å². The Hall–Kier alpha value is -0.140. The van der Waals surface area contributed by atoms with Crippen LogP contribution in [0.1, 0.15) is 42.0 Å². The maximum Gasteiger partial charge on any atom is 0.0476 e. The fourth-order valence-electron chi connectivity index (χ4n) is 1.66. The fourth-order valence-corrected chi connectivity index (χ4v) is 3.12. The van der Waals surface area contributed by atoms with Gasteiger partial charge in [-0.1, -0.05) is 25.5 Å². The number of halogens is 1. The van der Waals surface area contributed by atoms with Gasteiger partial charge in [0.05, 0.1) is 0 Å². The van der Waals surface area contributed by atoms with Crippen LogP contribution in [0.5, 0.6) is 0 Å². The summed E-state index contributed by atoms with van der Waals surface area (Å²) in [5.74, 6) is 3.03. The molecule has 0 aliphatic heterocycles. The van der Waals surface area contributed by atoms with Crippen molar-refractivity contribution in [2.45, 2.75) is 45.2 Å². The van der Waals surface area contributed by atoms with Crippen molar-refractivity contribution in [2.24, 2.45) is 0 Å². The van der Waals surface area contributed by atoms with Gasteiger partial charge < -0.3 is 0 Å². The van der Waals surface area contributed by atoms with E-state index in [-0.39, 0.29) is 0 Å². The molecule has 0 aromatic heterocycles. The lowest BCUT2D eigenvalue weighted by Crippen LogP contribution is -1.93. The Morgan fingerprint density at radius 1 is 1.12 bits per heavy atom. The number of alkyl halides is 1. The molecule has 0 saturated heterocycles. The topological polar surface area (TPSA) is 0 Å². The zero-order chi connectivity index (χ0) is 12.0. The first kappa shape index (κ1) is 13.9. The zero-order valence-corrected chi connectivity index (χ0v) is 12.0. The van der Waals surface area contributed by atoms with E-state index in [0.717, 1.165) is 5.75 Å². The Kier molecular flexibility index (Phi) is 6.30. The first-order chi connectivity index (χ1) is 7.69. The van der Waals surface area contributed by atoms with Crippen molar-refractivity contribution in [1.29, 1.82) is 0 Å². The highest BCUT2D eigenvalue weighted by atomic mass is 35.5. The van der Waals surface area contributed by atoms with E-state index < -0.39 is 0 Å². The quantitative estimate of drug-likeness (QED) is 0.506. The standard InChI is InChI=1S/C14H21ClS/c1-4-5-6-16-10-14-8-11(2)13(9-15)7-12(14)3/h7-8H,4-6,9-10H2,1-3H3. The maximum atomic E-state index is 5.90. The Balaban J connectivity index is 2.63. The van der Waals surface area contributed by atoms with Gasteiger partial charge in [0, 0.05) is 11.6 Å². The van der Waals surface area contributed by atoms with Crippen LogP contribution in [-0.4, -0.2) is 5.75 Å². The Bertz CT molecular complexity index is 334. The van der Waals surface area contributed by atoms with Crippen LogP contribution in [0.3, 0.4) is 0 Å². The third-order valence-electron chi connectivity index (χ3n) is 2.84. The minimum Gasteiger partial charge on any atom is -0.157 e. The van der Waals surface area contributed by atoms with Crippen LogP contribution in [0, 0.1) is 13.8 Å². The molecular weight excluding hydrogens is 236 g/mol. The van der Waals surface area contributed by atoms with Crippen molar-refractivity contribution in [2.75, 3.05) is 5.75 Å². The third-order valence-corrected chi connectivity index (χ3v) is 4.22. The molecule has 1 aromatic rings. The molecule has 0 heterocycles. The SMILES string of the molecule is CCCCSCc1cc(C)c(CCl)cc1C. The molecule has 2 heteroatoms. The van der Waals surface area contributed by atoms with Crippen LogP contribution in [0.2, 0.25) is 0 Å². The minimum atomic E-state index is 0.621. The van der Waals surface area contributed by atoms with Crippen LogP contribution in [0.25, 0.3) is 0 Å². The van der Waals surface area contributed by atoms with Crippen LogP contribution in [0.4, 0.5) is 0 Å². The predicted octanol–water partition coefficient (Wildman–Crippen LogP) is 5.08. The summed E-state index contributed by atoms with van der Waals surface area (Å²) in [7, 11) is 0. The summed E-state index contributed by atoms with van der Waals surface area (Å²) in [5, 5.41) is 0. The van der Waals surface area contributed by atoms with Crippen molar-refractivity contribution in [3.05, 3.63) is 34.4 Å².